The maximum absolute atomic E-state index is 12.5. The zero-order valence-electron chi connectivity index (χ0n) is 16.7. The third-order valence-corrected chi connectivity index (χ3v) is 6.79. The molecule has 1 aliphatic heterocycles. The third-order valence-electron chi connectivity index (χ3n) is 4.88. The fourth-order valence-corrected chi connectivity index (χ4v) is 4.63. The van der Waals surface area contributed by atoms with E-state index in [0.29, 0.717) is 35.4 Å². The molecule has 0 aliphatic carbocycles. The molecule has 1 amide bonds. The van der Waals surface area contributed by atoms with Gasteiger partial charge in [0.1, 0.15) is 9.48 Å². The predicted octanol–water partition coefficient (Wildman–Crippen LogP) is 2.31. The summed E-state index contributed by atoms with van der Waals surface area (Å²) in [6.07, 6.45) is 1.11. The number of nitrogens with one attached hydrogen (secondary N) is 2. The lowest BCUT2D eigenvalue weighted by atomic mass is 10.0. The smallest absolute Gasteiger partial charge is 0.350 e. The maximum atomic E-state index is 12.5. The van der Waals surface area contributed by atoms with Crippen molar-refractivity contribution in [3.63, 3.8) is 0 Å². The number of esters is 1. The van der Waals surface area contributed by atoms with Crippen molar-refractivity contribution in [3.05, 3.63) is 26.7 Å². The Balaban J connectivity index is 1.70. The van der Waals surface area contributed by atoms with Gasteiger partial charge in [-0.1, -0.05) is 18.3 Å². The number of hydrogen-bond acceptors (Lipinski definition) is 8. The Hall–Kier alpha value is -1.98. The molecule has 158 valence electrons. The molecule has 0 saturated carbocycles. The third kappa shape index (κ3) is 4.62. The van der Waals surface area contributed by atoms with Crippen LogP contribution in [0.3, 0.4) is 0 Å². The van der Waals surface area contributed by atoms with Crippen LogP contribution in [0.2, 0.25) is 0 Å². The summed E-state index contributed by atoms with van der Waals surface area (Å²) >= 11 is 4.63. The summed E-state index contributed by atoms with van der Waals surface area (Å²) in [7, 11) is 3.00. The molecule has 1 saturated heterocycles. The van der Waals surface area contributed by atoms with E-state index in [1.54, 1.807) is 7.11 Å². The molecule has 2 N–H and O–H groups in total. The normalized spacial score (nSPS) is 19.3. The van der Waals surface area contributed by atoms with Crippen LogP contribution in [0.5, 0.6) is 0 Å². The Morgan fingerprint density at radius 2 is 2.14 bits per heavy atom. The van der Waals surface area contributed by atoms with Gasteiger partial charge >= 0.3 is 5.97 Å². The zero-order chi connectivity index (χ0) is 21.1. The van der Waals surface area contributed by atoms with Crippen LogP contribution >= 0.6 is 27.3 Å². The standard InChI is InChI=1S/C18H24BrN5O4S/c1-5-10-13(17(26)28-4)29-18(22-10)24-7-6-11(12(8-24)27-3)21-16(25)15-20-9(2)14(19)23-15/h11-12H,5-8H2,1-4H3,(H,20,23)(H,21,25). The molecule has 3 heterocycles. The minimum absolute atomic E-state index is 0.154. The van der Waals surface area contributed by atoms with Gasteiger partial charge in [-0.25, -0.2) is 14.8 Å². The van der Waals surface area contributed by atoms with Gasteiger partial charge in [-0.05, 0) is 35.7 Å². The maximum Gasteiger partial charge on any atom is 0.350 e. The molecule has 0 spiro atoms. The van der Waals surface area contributed by atoms with E-state index in [2.05, 4.69) is 41.1 Å². The van der Waals surface area contributed by atoms with Crippen molar-refractivity contribution >= 4 is 44.3 Å². The number of rotatable bonds is 6. The Kier molecular flexibility index (Phi) is 6.91. The number of H-pyrrole nitrogens is 1. The SMILES string of the molecule is CCc1nc(N2CCC(NC(=O)c3nc(Br)c(C)[nH]3)C(OC)C2)sc1C(=O)OC. The first-order chi connectivity index (χ1) is 13.9. The van der Waals surface area contributed by atoms with Gasteiger partial charge in [0, 0.05) is 25.9 Å². The number of halogens is 1. The molecule has 11 heteroatoms. The van der Waals surface area contributed by atoms with Crippen LogP contribution in [0.4, 0.5) is 5.13 Å². The molecule has 0 radical (unpaired) electrons. The van der Waals surface area contributed by atoms with Crippen molar-refractivity contribution in [1.29, 1.82) is 0 Å². The van der Waals surface area contributed by atoms with E-state index in [1.165, 1.54) is 18.4 Å². The molecule has 1 aliphatic rings. The van der Waals surface area contributed by atoms with E-state index in [9.17, 15) is 9.59 Å². The number of aromatic amines is 1. The lowest BCUT2D eigenvalue weighted by Gasteiger charge is -2.37. The van der Waals surface area contributed by atoms with Crippen LogP contribution in [0.15, 0.2) is 4.60 Å². The average molecular weight is 486 g/mol. The Labute approximate surface area is 181 Å². The van der Waals surface area contributed by atoms with Gasteiger partial charge in [-0.15, -0.1) is 0 Å². The molecule has 3 rings (SSSR count). The number of anilines is 1. The molecule has 1 fully saturated rings. The number of carbonyl (C=O) groups is 2. The fraction of sp³-hybridized carbons (Fsp3) is 0.556. The van der Waals surface area contributed by atoms with Crippen molar-refractivity contribution in [2.45, 2.75) is 38.8 Å². The second kappa shape index (κ2) is 9.23. The Bertz CT molecular complexity index is 879. The van der Waals surface area contributed by atoms with E-state index in [1.807, 2.05) is 13.8 Å². The first kappa shape index (κ1) is 21.7. The first-order valence-corrected chi connectivity index (χ1v) is 10.9. The van der Waals surface area contributed by atoms with Gasteiger partial charge in [0.2, 0.25) is 0 Å². The topological polar surface area (TPSA) is 109 Å². The zero-order valence-corrected chi connectivity index (χ0v) is 19.1. The highest BCUT2D eigenvalue weighted by molar-refractivity contribution is 9.10. The lowest BCUT2D eigenvalue weighted by Crippen LogP contribution is -2.55. The highest BCUT2D eigenvalue weighted by Crippen LogP contribution is 2.30. The summed E-state index contributed by atoms with van der Waals surface area (Å²) in [6, 6.07) is -0.154. The minimum atomic E-state index is -0.365. The number of piperidine rings is 1. The van der Waals surface area contributed by atoms with E-state index in [-0.39, 0.29) is 29.8 Å². The monoisotopic (exact) mass is 485 g/mol. The summed E-state index contributed by atoms with van der Waals surface area (Å²) < 4.78 is 11.1. The molecule has 2 aromatic heterocycles. The molecular weight excluding hydrogens is 462 g/mol. The van der Waals surface area contributed by atoms with E-state index in [4.69, 9.17) is 9.47 Å². The fourth-order valence-electron chi connectivity index (χ4n) is 3.24. The second-order valence-corrected chi connectivity index (χ2v) is 8.44. The number of imidazole rings is 1. The van der Waals surface area contributed by atoms with Gasteiger partial charge in [-0.3, -0.25) is 4.79 Å². The number of ether oxygens (including phenoxy) is 2. The lowest BCUT2D eigenvalue weighted by molar-refractivity contribution is 0.0538. The number of hydrogen-bond donors (Lipinski definition) is 2. The van der Waals surface area contributed by atoms with Gasteiger partial charge < -0.3 is 24.7 Å². The molecule has 2 atom stereocenters. The van der Waals surface area contributed by atoms with E-state index < -0.39 is 0 Å². The van der Waals surface area contributed by atoms with Crippen LogP contribution in [0.25, 0.3) is 0 Å². The van der Waals surface area contributed by atoms with Crippen molar-refractivity contribution in [2.24, 2.45) is 0 Å². The number of nitrogens with zero attached hydrogens (tertiary/aromatic N) is 3. The quantitative estimate of drug-likeness (QED) is 0.603. The van der Waals surface area contributed by atoms with Gasteiger partial charge in [0.05, 0.1) is 24.9 Å². The number of carbonyl (C=O) groups excluding carboxylic acids is 2. The van der Waals surface area contributed by atoms with Crippen LogP contribution in [0.1, 0.15) is 45.0 Å². The number of methoxy groups -OCH3 is 2. The van der Waals surface area contributed by atoms with Crippen LogP contribution < -0.4 is 10.2 Å². The molecular formula is C18H24BrN5O4S. The molecule has 0 aromatic carbocycles. The van der Waals surface area contributed by atoms with Crippen LogP contribution in [-0.4, -0.2) is 66.3 Å². The van der Waals surface area contributed by atoms with Crippen molar-refractivity contribution < 1.29 is 19.1 Å². The van der Waals surface area contributed by atoms with Crippen molar-refractivity contribution in [1.82, 2.24) is 20.3 Å². The first-order valence-electron chi connectivity index (χ1n) is 9.26. The molecule has 9 nitrogen and oxygen atoms in total. The Morgan fingerprint density at radius 3 is 2.72 bits per heavy atom. The highest BCUT2D eigenvalue weighted by Gasteiger charge is 2.33. The Morgan fingerprint density at radius 1 is 1.38 bits per heavy atom. The largest absolute Gasteiger partial charge is 0.465 e. The molecule has 0 bridgehead atoms. The number of aromatic nitrogens is 3. The summed E-state index contributed by atoms with van der Waals surface area (Å²) in [5, 5.41) is 3.77. The summed E-state index contributed by atoms with van der Waals surface area (Å²) in [5.74, 6) is -0.368. The molecule has 2 unspecified atom stereocenters. The summed E-state index contributed by atoms with van der Waals surface area (Å²) in [5.41, 5.74) is 1.53. The van der Waals surface area contributed by atoms with Crippen LogP contribution in [0, 0.1) is 6.92 Å². The minimum Gasteiger partial charge on any atom is -0.465 e. The van der Waals surface area contributed by atoms with Gasteiger partial charge in [0.25, 0.3) is 5.91 Å². The summed E-state index contributed by atoms with van der Waals surface area (Å²) in [4.78, 5) is 38.9. The van der Waals surface area contributed by atoms with Gasteiger partial charge in [-0.2, -0.15) is 0 Å². The van der Waals surface area contributed by atoms with Crippen LogP contribution in [-0.2, 0) is 15.9 Å². The highest BCUT2D eigenvalue weighted by atomic mass is 79.9. The summed E-state index contributed by atoms with van der Waals surface area (Å²) in [6.45, 7) is 5.04. The second-order valence-electron chi connectivity index (χ2n) is 6.71. The molecule has 2 aromatic rings. The number of aryl methyl sites for hydroxylation is 2. The van der Waals surface area contributed by atoms with Gasteiger partial charge in [0.15, 0.2) is 11.0 Å². The van der Waals surface area contributed by atoms with Crippen molar-refractivity contribution in [2.75, 3.05) is 32.2 Å². The van der Waals surface area contributed by atoms with E-state index >= 15 is 0 Å². The molecule has 29 heavy (non-hydrogen) atoms. The van der Waals surface area contributed by atoms with E-state index in [0.717, 1.165) is 16.5 Å². The number of amides is 1. The van der Waals surface area contributed by atoms with Crippen molar-refractivity contribution in [3.8, 4) is 0 Å². The predicted molar refractivity (Wildman–Crippen MR) is 113 cm³/mol. The number of thiazole rings is 1. The average Bonchev–Trinajstić information content (AvgIpc) is 3.31.